The maximum absolute atomic E-state index is 14.0. The Morgan fingerprint density at radius 2 is 1.53 bits per heavy atom. The third-order valence-corrected chi connectivity index (χ3v) is 5.30. The van der Waals surface area contributed by atoms with Gasteiger partial charge in [0.15, 0.2) is 11.5 Å². The van der Waals surface area contributed by atoms with Crippen LogP contribution in [0.1, 0.15) is 16.7 Å². The molecule has 3 aromatic rings. The van der Waals surface area contributed by atoms with E-state index in [1.807, 2.05) is 24.3 Å². The molecule has 0 saturated heterocycles. The van der Waals surface area contributed by atoms with Gasteiger partial charge >= 0.3 is 0 Å². The highest BCUT2D eigenvalue weighted by atomic mass is 35.5. The van der Waals surface area contributed by atoms with Gasteiger partial charge in [-0.3, -0.25) is 0 Å². The molecule has 0 aliphatic carbocycles. The summed E-state index contributed by atoms with van der Waals surface area (Å²) in [6.45, 7) is 1.10. The molecule has 0 radical (unpaired) electrons. The number of benzene rings is 3. The Kier molecular flexibility index (Phi) is 7.80. The van der Waals surface area contributed by atoms with Crippen LogP contribution in [0.3, 0.4) is 0 Å². The van der Waals surface area contributed by atoms with Gasteiger partial charge in [-0.15, -0.1) is 0 Å². The topological polar surface area (TPSA) is 39.7 Å². The van der Waals surface area contributed by atoms with E-state index in [1.165, 1.54) is 13.2 Å². The van der Waals surface area contributed by atoms with Crippen molar-refractivity contribution >= 4 is 23.2 Å². The molecule has 0 atom stereocenters. The summed E-state index contributed by atoms with van der Waals surface area (Å²) in [6.07, 6.45) is 0. The van der Waals surface area contributed by atoms with Gasteiger partial charge < -0.3 is 19.5 Å². The molecule has 0 spiro atoms. The first kappa shape index (κ1) is 22.2. The van der Waals surface area contributed by atoms with Crippen molar-refractivity contribution < 1.29 is 18.6 Å². The molecule has 0 bridgehead atoms. The van der Waals surface area contributed by atoms with Gasteiger partial charge in [0.05, 0.1) is 19.2 Å². The highest BCUT2D eigenvalue weighted by Crippen LogP contribution is 2.34. The molecule has 3 aromatic carbocycles. The van der Waals surface area contributed by atoms with E-state index in [4.69, 9.17) is 37.4 Å². The van der Waals surface area contributed by atoms with Crippen LogP contribution < -0.4 is 19.5 Å². The van der Waals surface area contributed by atoms with E-state index >= 15 is 0 Å². The molecule has 30 heavy (non-hydrogen) atoms. The minimum absolute atomic E-state index is 0.0381. The van der Waals surface area contributed by atoms with Crippen LogP contribution in [0.4, 0.5) is 4.39 Å². The fourth-order valence-corrected chi connectivity index (χ4v) is 3.42. The molecule has 0 saturated carbocycles. The zero-order chi connectivity index (χ0) is 21.5. The number of halogens is 3. The number of ether oxygens (including phenoxy) is 3. The van der Waals surface area contributed by atoms with Crippen molar-refractivity contribution in [2.24, 2.45) is 0 Å². The Morgan fingerprint density at radius 1 is 0.800 bits per heavy atom. The molecule has 0 heterocycles. The van der Waals surface area contributed by atoms with Crippen molar-refractivity contribution in [3.63, 3.8) is 0 Å². The molecule has 7 heteroatoms. The predicted octanol–water partition coefficient (Wildman–Crippen LogP) is 6.02. The number of methoxy groups -OCH3 is 2. The van der Waals surface area contributed by atoms with Crippen LogP contribution in [-0.2, 0) is 19.7 Å². The van der Waals surface area contributed by atoms with Crippen molar-refractivity contribution in [2.75, 3.05) is 14.2 Å². The summed E-state index contributed by atoms with van der Waals surface area (Å²) in [5.41, 5.74) is 2.17. The lowest BCUT2D eigenvalue weighted by molar-refractivity contribution is 0.279. The fraction of sp³-hybridized carbons (Fsp3) is 0.217. The molecule has 0 unspecified atom stereocenters. The van der Waals surface area contributed by atoms with E-state index in [0.29, 0.717) is 34.6 Å². The van der Waals surface area contributed by atoms with Gasteiger partial charge in [-0.25, -0.2) is 4.39 Å². The first-order valence-electron chi connectivity index (χ1n) is 9.28. The van der Waals surface area contributed by atoms with Gasteiger partial charge in [0.2, 0.25) is 0 Å². The average molecular weight is 450 g/mol. The summed E-state index contributed by atoms with van der Waals surface area (Å²) in [5, 5.41) is 4.16. The SMILES string of the molecule is COc1ccccc1CNCc1cc(OC)c(OCc2c(F)cccc2Cl)cc1Cl. The molecule has 1 N–H and O–H groups in total. The largest absolute Gasteiger partial charge is 0.496 e. The second kappa shape index (κ2) is 10.5. The molecule has 0 aliphatic heterocycles. The lowest BCUT2D eigenvalue weighted by Gasteiger charge is -2.15. The van der Waals surface area contributed by atoms with Gasteiger partial charge in [0.1, 0.15) is 18.2 Å². The van der Waals surface area contributed by atoms with E-state index < -0.39 is 5.82 Å². The fourth-order valence-electron chi connectivity index (χ4n) is 2.99. The summed E-state index contributed by atoms with van der Waals surface area (Å²) in [7, 11) is 3.19. The molecule has 3 rings (SSSR count). The maximum atomic E-state index is 14.0. The smallest absolute Gasteiger partial charge is 0.163 e. The molecule has 0 amide bonds. The lowest BCUT2D eigenvalue weighted by atomic mass is 10.1. The summed E-state index contributed by atoms with van der Waals surface area (Å²) in [4.78, 5) is 0. The van der Waals surface area contributed by atoms with Crippen LogP contribution in [0.15, 0.2) is 54.6 Å². The van der Waals surface area contributed by atoms with Gasteiger partial charge in [0, 0.05) is 35.3 Å². The van der Waals surface area contributed by atoms with Gasteiger partial charge in [-0.1, -0.05) is 47.5 Å². The van der Waals surface area contributed by atoms with Crippen LogP contribution in [0, 0.1) is 5.82 Å². The molecule has 0 aliphatic rings. The third kappa shape index (κ3) is 5.36. The lowest BCUT2D eigenvalue weighted by Crippen LogP contribution is -2.14. The zero-order valence-corrected chi connectivity index (χ0v) is 18.2. The first-order valence-corrected chi connectivity index (χ1v) is 10.0. The Balaban J connectivity index is 1.69. The monoisotopic (exact) mass is 449 g/mol. The van der Waals surface area contributed by atoms with E-state index in [-0.39, 0.29) is 12.2 Å². The van der Waals surface area contributed by atoms with Crippen LogP contribution >= 0.6 is 23.2 Å². The summed E-state index contributed by atoms with van der Waals surface area (Å²) in [6, 6.07) is 15.8. The summed E-state index contributed by atoms with van der Waals surface area (Å²) < 4.78 is 30.5. The molecular weight excluding hydrogens is 428 g/mol. The van der Waals surface area contributed by atoms with Crippen LogP contribution in [0.5, 0.6) is 17.2 Å². The molecule has 158 valence electrons. The second-order valence-corrected chi connectivity index (χ2v) is 7.31. The van der Waals surface area contributed by atoms with Crippen molar-refractivity contribution in [3.8, 4) is 17.2 Å². The number of hydrogen-bond acceptors (Lipinski definition) is 4. The number of hydrogen-bond donors (Lipinski definition) is 1. The van der Waals surface area contributed by atoms with Crippen molar-refractivity contribution in [2.45, 2.75) is 19.7 Å². The summed E-state index contributed by atoms with van der Waals surface area (Å²) in [5.74, 6) is 1.31. The number of rotatable bonds is 9. The van der Waals surface area contributed by atoms with Crippen LogP contribution in [0.2, 0.25) is 10.0 Å². The zero-order valence-electron chi connectivity index (χ0n) is 16.7. The Labute approximate surface area is 185 Å². The highest BCUT2D eigenvalue weighted by molar-refractivity contribution is 6.31. The Hall–Kier alpha value is -2.47. The van der Waals surface area contributed by atoms with E-state index in [0.717, 1.165) is 16.9 Å². The van der Waals surface area contributed by atoms with Crippen LogP contribution in [0.25, 0.3) is 0 Å². The average Bonchev–Trinajstić information content (AvgIpc) is 2.75. The van der Waals surface area contributed by atoms with Gasteiger partial charge in [-0.2, -0.15) is 0 Å². The Bertz CT molecular complexity index is 993. The van der Waals surface area contributed by atoms with Crippen LogP contribution in [-0.4, -0.2) is 14.2 Å². The molecule has 4 nitrogen and oxygen atoms in total. The van der Waals surface area contributed by atoms with Crippen molar-refractivity contribution in [3.05, 3.63) is 87.2 Å². The number of para-hydroxylation sites is 1. The van der Waals surface area contributed by atoms with Crippen molar-refractivity contribution in [1.29, 1.82) is 0 Å². The minimum atomic E-state index is -0.426. The third-order valence-electron chi connectivity index (χ3n) is 4.59. The first-order chi connectivity index (χ1) is 14.5. The molecular formula is C23H22Cl2FNO3. The van der Waals surface area contributed by atoms with Gasteiger partial charge in [0.25, 0.3) is 0 Å². The van der Waals surface area contributed by atoms with E-state index in [1.54, 1.807) is 31.4 Å². The van der Waals surface area contributed by atoms with E-state index in [2.05, 4.69) is 5.32 Å². The predicted molar refractivity (Wildman–Crippen MR) is 117 cm³/mol. The molecule has 0 aromatic heterocycles. The normalized spacial score (nSPS) is 10.7. The second-order valence-electron chi connectivity index (χ2n) is 6.50. The van der Waals surface area contributed by atoms with E-state index in [9.17, 15) is 4.39 Å². The van der Waals surface area contributed by atoms with Gasteiger partial charge in [-0.05, 0) is 29.8 Å². The highest BCUT2D eigenvalue weighted by Gasteiger charge is 2.14. The quantitative estimate of drug-likeness (QED) is 0.433. The summed E-state index contributed by atoms with van der Waals surface area (Å²) >= 11 is 12.5. The maximum Gasteiger partial charge on any atom is 0.163 e. The molecule has 0 fully saturated rings. The van der Waals surface area contributed by atoms with Crippen molar-refractivity contribution in [1.82, 2.24) is 5.32 Å². The number of nitrogens with one attached hydrogen (secondary N) is 1. The minimum Gasteiger partial charge on any atom is -0.496 e. The standard InChI is InChI=1S/C23H22Cl2FNO3/c1-28-21-9-4-3-6-15(21)12-27-13-16-10-22(29-2)23(11-19(16)25)30-14-17-18(24)7-5-8-20(17)26/h3-11,27H,12-14H2,1-2H3. The Morgan fingerprint density at radius 3 is 2.27 bits per heavy atom.